The Labute approximate surface area is 133 Å². The lowest BCUT2D eigenvalue weighted by atomic mass is 9.92. The molecule has 2 heterocycles. The van der Waals surface area contributed by atoms with Crippen LogP contribution in [0.1, 0.15) is 48.7 Å². The monoisotopic (exact) mass is 325 g/mol. The van der Waals surface area contributed by atoms with Crippen molar-refractivity contribution in [1.82, 2.24) is 15.1 Å². The van der Waals surface area contributed by atoms with Crippen LogP contribution in [0.15, 0.2) is 17.6 Å². The number of thiophene rings is 1. The molecule has 0 saturated carbocycles. The summed E-state index contributed by atoms with van der Waals surface area (Å²) in [6.45, 7) is 2.89. The lowest BCUT2D eigenvalue weighted by Crippen LogP contribution is -2.27. The zero-order chi connectivity index (χ0) is 14.8. The zero-order valence-electron chi connectivity index (χ0n) is 12.1. The number of aliphatic hydroxyl groups excluding tert-OH is 1. The van der Waals surface area contributed by atoms with Gasteiger partial charge in [-0.05, 0) is 43.2 Å². The average Bonchev–Trinajstić information content (AvgIpc) is 3.07. The average molecular weight is 326 g/mol. The van der Waals surface area contributed by atoms with Crippen LogP contribution < -0.4 is 5.32 Å². The Bertz CT molecular complexity index is 610. The molecule has 0 bridgehead atoms. The van der Waals surface area contributed by atoms with E-state index in [9.17, 15) is 0 Å². The van der Waals surface area contributed by atoms with Gasteiger partial charge in [-0.2, -0.15) is 5.10 Å². The van der Waals surface area contributed by atoms with Crippen LogP contribution in [0.3, 0.4) is 0 Å². The first-order valence-electron chi connectivity index (χ1n) is 7.34. The summed E-state index contributed by atoms with van der Waals surface area (Å²) in [5.74, 6) is 0. The zero-order valence-corrected chi connectivity index (χ0v) is 13.6. The molecule has 2 N–H and O–H groups in total. The van der Waals surface area contributed by atoms with E-state index in [4.69, 9.17) is 16.7 Å². The Morgan fingerprint density at radius 1 is 1.62 bits per heavy atom. The van der Waals surface area contributed by atoms with Crippen LogP contribution in [0.2, 0.25) is 4.34 Å². The smallest absolute Gasteiger partial charge is 0.0931 e. The largest absolute Gasteiger partial charge is 0.394 e. The fourth-order valence-electron chi connectivity index (χ4n) is 3.03. The molecule has 2 aromatic rings. The Balaban J connectivity index is 1.76. The Hall–Kier alpha value is -0.880. The van der Waals surface area contributed by atoms with E-state index in [1.54, 1.807) is 11.3 Å². The van der Waals surface area contributed by atoms with Gasteiger partial charge in [-0.1, -0.05) is 11.6 Å². The van der Waals surface area contributed by atoms with Crippen LogP contribution in [0.4, 0.5) is 0 Å². The number of aromatic nitrogens is 2. The maximum Gasteiger partial charge on any atom is 0.0931 e. The molecule has 0 fully saturated rings. The first-order chi connectivity index (χ1) is 10.2. The minimum Gasteiger partial charge on any atom is -0.394 e. The topological polar surface area (TPSA) is 50.1 Å². The third-order valence-corrected chi connectivity index (χ3v) is 5.22. The highest BCUT2D eigenvalue weighted by Gasteiger charge is 2.25. The number of nitrogens with zero attached hydrogens (tertiary/aromatic N) is 2. The summed E-state index contributed by atoms with van der Waals surface area (Å²) in [6, 6.07) is 2.63. The van der Waals surface area contributed by atoms with Crippen LogP contribution in [-0.4, -0.2) is 21.5 Å². The van der Waals surface area contributed by atoms with Gasteiger partial charge in [0.05, 0.1) is 23.7 Å². The molecule has 4 nitrogen and oxygen atoms in total. The maximum absolute atomic E-state index is 9.11. The number of halogens is 1. The molecule has 0 aliphatic heterocycles. The van der Waals surface area contributed by atoms with Crippen LogP contribution in [0.5, 0.6) is 0 Å². The number of hydrogen-bond acceptors (Lipinski definition) is 4. The van der Waals surface area contributed by atoms with Gasteiger partial charge in [0.25, 0.3) is 0 Å². The van der Waals surface area contributed by atoms with E-state index in [1.807, 2.05) is 16.9 Å². The predicted octanol–water partition coefficient (Wildman–Crippen LogP) is 3.32. The van der Waals surface area contributed by atoms with Crippen LogP contribution in [-0.2, 0) is 13.0 Å². The Kier molecular flexibility index (Phi) is 4.64. The molecular formula is C15H20ClN3OS. The fraction of sp³-hybridized carbons (Fsp3) is 0.533. The summed E-state index contributed by atoms with van der Waals surface area (Å²) in [4.78, 5) is 0. The summed E-state index contributed by atoms with van der Waals surface area (Å²) in [6.07, 6.45) is 5.28. The highest BCUT2D eigenvalue weighted by Crippen LogP contribution is 2.33. The van der Waals surface area contributed by atoms with Gasteiger partial charge in [0, 0.05) is 23.3 Å². The van der Waals surface area contributed by atoms with Crippen molar-refractivity contribution in [3.63, 3.8) is 0 Å². The van der Waals surface area contributed by atoms with E-state index in [0.29, 0.717) is 12.6 Å². The van der Waals surface area contributed by atoms with Crippen molar-refractivity contribution in [3.05, 3.63) is 38.8 Å². The minimum atomic E-state index is 0.135. The molecule has 1 aliphatic carbocycles. The van der Waals surface area contributed by atoms with Gasteiger partial charge in [-0.25, -0.2) is 0 Å². The minimum absolute atomic E-state index is 0.135. The van der Waals surface area contributed by atoms with Gasteiger partial charge in [0.1, 0.15) is 0 Å². The van der Waals surface area contributed by atoms with Crippen molar-refractivity contribution in [2.45, 2.75) is 44.8 Å². The highest BCUT2D eigenvalue weighted by atomic mass is 35.5. The quantitative estimate of drug-likeness (QED) is 0.886. The van der Waals surface area contributed by atoms with Crippen LogP contribution in [0, 0.1) is 0 Å². The molecule has 0 aromatic carbocycles. The molecule has 0 amide bonds. The van der Waals surface area contributed by atoms with E-state index in [2.05, 4.69) is 22.7 Å². The molecule has 1 aliphatic rings. The summed E-state index contributed by atoms with van der Waals surface area (Å²) in [5.41, 5.74) is 3.78. The molecule has 21 heavy (non-hydrogen) atoms. The summed E-state index contributed by atoms with van der Waals surface area (Å²) in [7, 11) is 0. The summed E-state index contributed by atoms with van der Waals surface area (Å²) >= 11 is 7.59. The van der Waals surface area contributed by atoms with Gasteiger partial charge in [0.2, 0.25) is 0 Å². The van der Waals surface area contributed by atoms with Crippen molar-refractivity contribution in [3.8, 4) is 0 Å². The van der Waals surface area contributed by atoms with Gasteiger partial charge < -0.3 is 10.4 Å². The molecule has 6 heteroatoms. The van der Waals surface area contributed by atoms with Crippen molar-refractivity contribution in [2.75, 3.05) is 6.61 Å². The lowest BCUT2D eigenvalue weighted by Gasteiger charge is -2.27. The molecule has 0 saturated heterocycles. The summed E-state index contributed by atoms with van der Waals surface area (Å²) < 4.78 is 2.77. The molecule has 2 atom stereocenters. The Morgan fingerprint density at radius 2 is 2.48 bits per heavy atom. The number of fused-ring (bicyclic) bond motifs is 1. The number of rotatable bonds is 5. The van der Waals surface area contributed by atoms with E-state index < -0.39 is 0 Å². The van der Waals surface area contributed by atoms with Gasteiger partial charge in [-0.15, -0.1) is 11.3 Å². The van der Waals surface area contributed by atoms with Crippen molar-refractivity contribution < 1.29 is 5.11 Å². The Morgan fingerprint density at radius 3 is 3.19 bits per heavy atom. The molecule has 114 valence electrons. The number of nitrogens with one attached hydrogen (secondary N) is 1. The van der Waals surface area contributed by atoms with E-state index in [0.717, 1.165) is 23.6 Å². The van der Waals surface area contributed by atoms with E-state index in [1.165, 1.54) is 16.8 Å². The predicted molar refractivity (Wildman–Crippen MR) is 85.9 cm³/mol. The maximum atomic E-state index is 9.11. The molecular weight excluding hydrogens is 306 g/mol. The second-order valence-electron chi connectivity index (χ2n) is 5.51. The second-order valence-corrected chi connectivity index (χ2v) is 7.05. The van der Waals surface area contributed by atoms with E-state index in [-0.39, 0.29) is 12.6 Å². The van der Waals surface area contributed by atoms with E-state index >= 15 is 0 Å². The number of aliphatic hydroxyl groups is 1. The van der Waals surface area contributed by atoms with Crippen LogP contribution >= 0.6 is 22.9 Å². The van der Waals surface area contributed by atoms with Crippen molar-refractivity contribution >= 4 is 22.9 Å². The third kappa shape index (κ3) is 3.16. The highest BCUT2D eigenvalue weighted by molar-refractivity contribution is 7.14. The molecule has 2 unspecified atom stereocenters. The second kappa shape index (κ2) is 6.48. The molecule has 0 radical (unpaired) electrons. The standard InChI is InChI=1S/C15H20ClN3OS/c1-10(11-7-15(16)21-9-11)18-13-3-2-4-14-12(13)8-17-19(14)5-6-20/h7-10,13,18,20H,2-6H2,1H3. The van der Waals surface area contributed by atoms with Crippen molar-refractivity contribution in [2.24, 2.45) is 0 Å². The first-order valence-corrected chi connectivity index (χ1v) is 8.60. The number of hydrogen-bond donors (Lipinski definition) is 2. The molecule has 0 spiro atoms. The summed E-state index contributed by atoms with van der Waals surface area (Å²) in [5, 5.41) is 19.3. The fourth-order valence-corrected chi connectivity index (χ4v) is 4.01. The van der Waals surface area contributed by atoms with Gasteiger partial charge in [0.15, 0.2) is 0 Å². The molecule has 3 rings (SSSR count). The van der Waals surface area contributed by atoms with Gasteiger partial charge >= 0.3 is 0 Å². The third-order valence-electron chi connectivity index (χ3n) is 4.11. The normalized spacial score (nSPS) is 19.5. The van der Waals surface area contributed by atoms with Crippen molar-refractivity contribution in [1.29, 1.82) is 0 Å². The lowest BCUT2D eigenvalue weighted by molar-refractivity contribution is 0.266. The molecule has 2 aromatic heterocycles. The van der Waals surface area contributed by atoms with Crippen LogP contribution in [0.25, 0.3) is 0 Å². The SMILES string of the molecule is CC(NC1CCCc2c1cnn2CCO)c1csc(Cl)c1. The van der Waals surface area contributed by atoms with Gasteiger partial charge in [-0.3, -0.25) is 4.68 Å². The first kappa shape index (κ1) is 15.0.